The van der Waals surface area contributed by atoms with Crippen molar-refractivity contribution in [2.45, 2.75) is 81.8 Å². The van der Waals surface area contributed by atoms with Crippen LogP contribution in [0.25, 0.3) is 0 Å². The zero-order chi connectivity index (χ0) is 15.9. The van der Waals surface area contributed by atoms with E-state index in [-0.39, 0.29) is 30.4 Å². The summed E-state index contributed by atoms with van der Waals surface area (Å²) < 4.78 is 0. The van der Waals surface area contributed by atoms with Crippen LogP contribution in [0.4, 0.5) is 0 Å². The van der Waals surface area contributed by atoms with Gasteiger partial charge in [0.05, 0.1) is 5.54 Å². The molecule has 2 unspecified atom stereocenters. The SMILES string of the molecule is CN1CCN(C(=O)CC2CC3CCC(C2)N3)C2(CCCCC2)C1.Cl.Cl. The number of amides is 1. The Morgan fingerprint density at radius 1 is 1.04 bits per heavy atom. The van der Waals surface area contributed by atoms with Crippen molar-refractivity contribution in [3.05, 3.63) is 0 Å². The fourth-order valence-corrected chi connectivity index (χ4v) is 5.90. The number of halogens is 2. The molecule has 1 saturated carbocycles. The second-order valence-corrected chi connectivity index (χ2v) is 8.75. The Kier molecular flexibility index (Phi) is 7.46. The van der Waals surface area contributed by atoms with Gasteiger partial charge in [-0.05, 0) is 51.5 Å². The van der Waals surface area contributed by atoms with E-state index in [1.165, 1.54) is 57.8 Å². The number of piperidine rings is 1. The number of nitrogens with zero attached hydrogens (tertiary/aromatic N) is 2. The van der Waals surface area contributed by atoms with E-state index in [0.29, 0.717) is 23.9 Å². The van der Waals surface area contributed by atoms with Crippen molar-refractivity contribution in [2.75, 3.05) is 26.7 Å². The lowest BCUT2D eigenvalue weighted by Gasteiger charge is -2.52. The minimum absolute atomic E-state index is 0. The number of hydrogen-bond acceptors (Lipinski definition) is 3. The minimum Gasteiger partial charge on any atom is -0.334 e. The summed E-state index contributed by atoms with van der Waals surface area (Å²) in [4.78, 5) is 17.9. The van der Waals surface area contributed by atoms with Crippen LogP contribution in [0.1, 0.15) is 64.2 Å². The van der Waals surface area contributed by atoms with Crippen LogP contribution in [0.2, 0.25) is 0 Å². The summed E-state index contributed by atoms with van der Waals surface area (Å²) in [5.41, 5.74) is 0.161. The lowest BCUT2D eigenvalue weighted by Crippen LogP contribution is -2.64. The first-order valence-corrected chi connectivity index (χ1v) is 9.90. The van der Waals surface area contributed by atoms with E-state index < -0.39 is 0 Å². The second-order valence-electron chi connectivity index (χ2n) is 8.75. The van der Waals surface area contributed by atoms with Gasteiger partial charge in [0.25, 0.3) is 0 Å². The Hall–Kier alpha value is -0.0300. The Labute approximate surface area is 165 Å². The van der Waals surface area contributed by atoms with Gasteiger partial charge in [-0.1, -0.05) is 19.3 Å². The number of nitrogens with one attached hydrogen (secondary N) is 1. The first-order valence-electron chi connectivity index (χ1n) is 9.90. The number of piperazine rings is 1. The summed E-state index contributed by atoms with van der Waals surface area (Å²) in [5, 5.41) is 3.70. The molecule has 0 aromatic carbocycles. The van der Waals surface area contributed by atoms with Crippen molar-refractivity contribution in [3.8, 4) is 0 Å². The molecule has 2 atom stereocenters. The molecule has 0 aromatic heterocycles. The summed E-state index contributed by atoms with van der Waals surface area (Å²) in [6.07, 6.45) is 12.3. The third kappa shape index (κ3) is 4.45. The summed E-state index contributed by atoms with van der Waals surface area (Å²) in [7, 11) is 2.22. The van der Waals surface area contributed by atoms with Crippen molar-refractivity contribution >= 4 is 30.7 Å². The molecule has 1 aliphatic carbocycles. The predicted molar refractivity (Wildman–Crippen MR) is 107 cm³/mol. The highest BCUT2D eigenvalue weighted by Gasteiger charge is 2.44. The van der Waals surface area contributed by atoms with Crippen LogP contribution in [0.15, 0.2) is 0 Å². The minimum atomic E-state index is 0. The fraction of sp³-hybridized carbons (Fsp3) is 0.947. The Bertz CT molecular complexity index is 444. The largest absolute Gasteiger partial charge is 0.334 e. The molecular formula is C19H35Cl2N3O. The maximum absolute atomic E-state index is 13.2. The lowest BCUT2D eigenvalue weighted by molar-refractivity contribution is -0.145. The van der Waals surface area contributed by atoms with Gasteiger partial charge >= 0.3 is 0 Å². The van der Waals surface area contributed by atoms with Gasteiger partial charge in [-0.25, -0.2) is 0 Å². The molecule has 4 rings (SSSR count). The monoisotopic (exact) mass is 391 g/mol. The van der Waals surface area contributed by atoms with Crippen LogP contribution >= 0.6 is 24.8 Å². The molecule has 1 spiro atoms. The first-order chi connectivity index (χ1) is 11.1. The van der Waals surface area contributed by atoms with Crippen molar-refractivity contribution in [2.24, 2.45) is 5.92 Å². The number of likely N-dealkylation sites (N-methyl/N-ethyl adjacent to an activating group) is 1. The Morgan fingerprint density at radius 2 is 1.68 bits per heavy atom. The number of fused-ring (bicyclic) bond motifs is 2. The molecule has 4 fully saturated rings. The van der Waals surface area contributed by atoms with Crippen LogP contribution in [0, 0.1) is 5.92 Å². The predicted octanol–water partition coefficient (Wildman–Crippen LogP) is 3.23. The second kappa shape index (κ2) is 8.77. The molecule has 4 nitrogen and oxygen atoms in total. The molecule has 3 saturated heterocycles. The summed E-state index contributed by atoms with van der Waals surface area (Å²) >= 11 is 0. The lowest BCUT2D eigenvalue weighted by atomic mass is 9.78. The molecular weight excluding hydrogens is 357 g/mol. The highest BCUT2D eigenvalue weighted by molar-refractivity contribution is 5.85. The average molecular weight is 392 g/mol. The number of hydrogen-bond donors (Lipinski definition) is 1. The van der Waals surface area contributed by atoms with Crippen molar-refractivity contribution in [1.82, 2.24) is 15.1 Å². The van der Waals surface area contributed by atoms with Gasteiger partial charge in [0.15, 0.2) is 0 Å². The highest BCUT2D eigenvalue weighted by atomic mass is 35.5. The van der Waals surface area contributed by atoms with E-state index in [4.69, 9.17) is 0 Å². The fourth-order valence-electron chi connectivity index (χ4n) is 5.90. The third-order valence-electron chi connectivity index (χ3n) is 6.96. The molecule has 0 aromatic rings. The maximum atomic E-state index is 13.2. The van der Waals surface area contributed by atoms with E-state index in [0.717, 1.165) is 26.1 Å². The van der Waals surface area contributed by atoms with Crippen molar-refractivity contribution < 1.29 is 4.79 Å². The van der Waals surface area contributed by atoms with E-state index in [1.807, 2.05) is 0 Å². The smallest absolute Gasteiger partial charge is 0.223 e. The quantitative estimate of drug-likeness (QED) is 0.784. The molecule has 146 valence electrons. The zero-order valence-corrected chi connectivity index (χ0v) is 17.2. The van der Waals surface area contributed by atoms with Crippen LogP contribution < -0.4 is 5.32 Å². The molecule has 25 heavy (non-hydrogen) atoms. The summed E-state index contributed by atoms with van der Waals surface area (Å²) in [5.74, 6) is 1.09. The van der Waals surface area contributed by atoms with E-state index >= 15 is 0 Å². The van der Waals surface area contributed by atoms with E-state index in [2.05, 4.69) is 22.2 Å². The molecule has 6 heteroatoms. The van der Waals surface area contributed by atoms with Gasteiger partial charge in [0, 0.05) is 38.1 Å². The molecule has 3 heterocycles. The van der Waals surface area contributed by atoms with Crippen molar-refractivity contribution in [3.63, 3.8) is 0 Å². The Morgan fingerprint density at radius 3 is 2.32 bits per heavy atom. The van der Waals surface area contributed by atoms with Crippen LogP contribution in [-0.2, 0) is 4.79 Å². The standard InChI is InChI=1S/C19H33N3O.2ClH/c1-21-9-10-22(19(14-21)7-3-2-4-8-19)18(23)13-15-11-16-5-6-17(12-15)20-16;;/h15-17,20H,2-14H2,1H3;2*1H. The van der Waals surface area contributed by atoms with Gasteiger partial charge in [0.2, 0.25) is 5.91 Å². The molecule has 0 radical (unpaired) electrons. The maximum Gasteiger partial charge on any atom is 0.223 e. The van der Waals surface area contributed by atoms with Gasteiger partial charge in [-0.2, -0.15) is 0 Å². The normalized spacial score (nSPS) is 34.3. The molecule has 3 aliphatic heterocycles. The Balaban J connectivity index is 0.00000113. The van der Waals surface area contributed by atoms with Crippen LogP contribution in [0.3, 0.4) is 0 Å². The highest BCUT2D eigenvalue weighted by Crippen LogP contribution is 2.38. The van der Waals surface area contributed by atoms with Crippen LogP contribution in [-0.4, -0.2) is 60.0 Å². The molecule has 4 aliphatic rings. The van der Waals surface area contributed by atoms with E-state index in [1.54, 1.807) is 0 Å². The summed E-state index contributed by atoms with van der Waals surface area (Å²) in [6.45, 7) is 3.09. The average Bonchev–Trinajstić information content (AvgIpc) is 2.86. The summed E-state index contributed by atoms with van der Waals surface area (Å²) in [6, 6.07) is 1.39. The van der Waals surface area contributed by atoms with Gasteiger partial charge in [-0.15, -0.1) is 24.8 Å². The number of rotatable bonds is 2. The molecule has 1 N–H and O–H groups in total. The third-order valence-corrected chi connectivity index (χ3v) is 6.96. The topological polar surface area (TPSA) is 35.6 Å². The molecule has 2 bridgehead atoms. The van der Waals surface area contributed by atoms with Crippen LogP contribution in [0.5, 0.6) is 0 Å². The van der Waals surface area contributed by atoms with Crippen molar-refractivity contribution in [1.29, 1.82) is 0 Å². The van der Waals surface area contributed by atoms with Gasteiger partial charge < -0.3 is 15.1 Å². The van der Waals surface area contributed by atoms with Gasteiger partial charge in [-0.3, -0.25) is 4.79 Å². The zero-order valence-electron chi connectivity index (χ0n) is 15.5. The molecule has 1 amide bonds. The first kappa shape index (κ1) is 21.3. The number of carbonyl (C=O) groups is 1. The van der Waals surface area contributed by atoms with Gasteiger partial charge in [0.1, 0.15) is 0 Å². The number of carbonyl (C=O) groups excluding carboxylic acids is 1. The van der Waals surface area contributed by atoms with E-state index in [9.17, 15) is 4.79 Å².